The summed E-state index contributed by atoms with van der Waals surface area (Å²) < 4.78 is 0. The summed E-state index contributed by atoms with van der Waals surface area (Å²) in [5, 5.41) is 3.64. The van der Waals surface area contributed by atoms with Crippen molar-refractivity contribution in [3.63, 3.8) is 0 Å². The van der Waals surface area contributed by atoms with Crippen molar-refractivity contribution >= 4 is 28.3 Å². The van der Waals surface area contributed by atoms with Crippen molar-refractivity contribution < 1.29 is 0 Å². The monoisotopic (exact) mass is 482 g/mol. The molecule has 1 N–H and O–H groups in total. The van der Waals surface area contributed by atoms with E-state index in [0.717, 1.165) is 12.8 Å². The largest absolute Gasteiger partial charge is 0.358 e. The summed E-state index contributed by atoms with van der Waals surface area (Å²) in [4.78, 5) is 2.36. The standard InChI is InChI=1S/C35H34N2/c1-4-25(2)27-11-10-14-31(23-27)37(29-12-6-5-7-13-29)30-20-17-26(18-21-30)28-19-22-34-35(3,24-28)32-15-8-9-16-33(32)36-34/h5-23,25,36H,4,24H2,1-3H3. The Morgan fingerprint density at radius 3 is 2.27 bits per heavy atom. The second kappa shape index (κ2) is 9.44. The van der Waals surface area contributed by atoms with E-state index in [9.17, 15) is 0 Å². The van der Waals surface area contributed by atoms with Crippen LogP contribution in [0.5, 0.6) is 0 Å². The number of rotatable bonds is 6. The highest BCUT2D eigenvalue weighted by Crippen LogP contribution is 2.50. The third-order valence-electron chi connectivity index (χ3n) is 8.20. The Bertz CT molecular complexity index is 1480. The van der Waals surface area contributed by atoms with Crippen LogP contribution in [0.4, 0.5) is 22.7 Å². The van der Waals surface area contributed by atoms with Gasteiger partial charge < -0.3 is 10.2 Å². The van der Waals surface area contributed by atoms with Crippen LogP contribution in [0, 0.1) is 0 Å². The summed E-state index contributed by atoms with van der Waals surface area (Å²) in [6.45, 7) is 6.92. The van der Waals surface area contributed by atoms with E-state index in [-0.39, 0.29) is 5.41 Å². The molecule has 6 rings (SSSR count). The van der Waals surface area contributed by atoms with Crippen molar-refractivity contribution in [2.45, 2.75) is 44.9 Å². The quantitative estimate of drug-likeness (QED) is 0.294. The second-order valence-electron chi connectivity index (χ2n) is 10.6. The lowest BCUT2D eigenvalue weighted by Crippen LogP contribution is -2.24. The molecule has 4 aromatic rings. The fourth-order valence-electron chi connectivity index (χ4n) is 5.79. The maximum Gasteiger partial charge on any atom is 0.0464 e. The van der Waals surface area contributed by atoms with Crippen molar-refractivity contribution in [1.29, 1.82) is 0 Å². The molecule has 2 unspecified atom stereocenters. The van der Waals surface area contributed by atoms with Gasteiger partial charge in [0.1, 0.15) is 0 Å². The highest BCUT2D eigenvalue weighted by molar-refractivity contribution is 5.81. The van der Waals surface area contributed by atoms with Gasteiger partial charge in [-0.1, -0.05) is 80.6 Å². The lowest BCUT2D eigenvalue weighted by Gasteiger charge is -2.31. The second-order valence-corrected chi connectivity index (χ2v) is 10.6. The topological polar surface area (TPSA) is 15.3 Å². The summed E-state index contributed by atoms with van der Waals surface area (Å²) in [5.74, 6) is 0.535. The predicted octanol–water partition coefficient (Wildman–Crippen LogP) is 9.72. The zero-order valence-electron chi connectivity index (χ0n) is 21.9. The van der Waals surface area contributed by atoms with Gasteiger partial charge in [0.25, 0.3) is 0 Å². The third-order valence-corrected chi connectivity index (χ3v) is 8.20. The predicted molar refractivity (Wildman–Crippen MR) is 158 cm³/mol. The van der Waals surface area contributed by atoms with Gasteiger partial charge in [0.05, 0.1) is 0 Å². The molecule has 0 aromatic heterocycles. The third kappa shape index (κ3) is 4.17. The number of hydrogen-bond acceptors (Lipinski definition) is 2. The molecule has 0 amide bonds. The molecule has 1 aliphatic heterocycles. The van der Waals surface area contributed by atoms with Crippen LogP contribution in [-0.2, 0) is 5.41 Å². The fourth-order valence-corrected chi connectivity index (χ4v) is 5.79. The highest BCUT2D eigenvalue weighted by Gasteiger charge is 2.40. The zero-order chi connectivity index (χ0) is 25.4. The van der Waals surface area contributed by atoms with Crippen molar-refractivity contribution in [2.24, 2.45) is 0 Å². The smallest absolute Gasteiger partial charge is 0.0464 e. The summed E-state index contributed by atoms with van der Waals surface area (Å²) in [5.41, 5.74) is 11.5. The van der Waals surface area contributed by atoms with E-state index in [0.29, 0.717) is 5.92 Å². The first-order valence-electron chi connectivity index (χ1n) is 13.4. The molecular formula is C35H34N2. The first kappa shape index (κ1) is 23.4. The molecule has 0 fully saturated rings. The van der Waals surface area contributed by atoms with Gasteiger partial charge in [-0.05, 0) is 96.5 Å². The van der Waals surface area contributed by atoms with Crippen LogP contribution in [-0.4, -0.2) is 0 Å². The minimum Gasteiger partial charge on any atom is -0.358 e. The molecule has 1 aliphatic carbocycles. The number of benzene rings is 4. The van der Waals surface area contributed by atoms with Crippen molar-refractivity contribution in [3.05, 3.63) is 138 Å². The van der Waals surface area contributed by atoms with E-state index in [1.54, 1.807) is 0 Å². The van der Waals surface area contributed by atoms with Gasteiger partial charge in [0.15, 0.2) is 0 Å². The molecule has 2 aliphatic rings. The molecule has 184 valence electrons. The molecule has 4 aromatic carbocycles. The number of allylic oxidation sites excluding steroid dienone is 4. The average Bonchev–Trinajstić information content (AvgIpc) is 3.25. The summed E-state index contributed by atoms with van der Waals surface area (Å²) >= 11 is 0. The number of nitrogens with zero attached hydrogens (tertiary/aromatic N) is 1. The van der Waals surface area contributed by atoms with Crippen LogP contribution in [0.15, 0.2) is 121 Å². The number of nitrogens with one attached hydrogen (secondary N) is 1. The molecule has 0 saturated carbocycles. The molecule has 2 atom stereocenters. The van der Waals surface area contributed by atoms with Crippen LogP contribution in [0.2, 0.25) is 0 Å². The molecule has 37 heavy (non-hydrogen) atoms. The molecule has 0 radical (unpaired) electrons. The summed E-state index contributed by atoms with van der Waals surface area (Å²) in [7, 11) is 0. The lowest BCUT2D eigenvalue weighted by molar-refractivity contribution is 0.594. The Morgan fingerprint density at radius 2 is 1.49 bits per heavy atom. The normalized spacial score (nSPS) is 18.7. The van der Waals surface area contributed by atoms with Gasteiger partial charge in [0.2, 0.25) is 0 Å². The van der Waals surface area contributed by atoms with Gasteiger partial charge >= 0.3 is 0 Å². The van der Waals surface area contributed by atoms with E-state index in [1.165, 1.54) is 50.7 Å². The molecule has 2 heteroatoms. The molecule has 0 bridgehead atoms. The molecular weight excluding hydrogens is 448 g/mol. The molecule has 0 saturated heterocycles. The van der Waals surface area contributed by atoms with Crippen molar-refractivity contribution in [2.75, 3.05) is 10.2 Å². The van der Waals surface area contributed by atoms with Crippen molar-refractivity contribution in [3.8, 4) is 0 Å². The lowest BCUT2D eigenvalue weighted by atomic mass is 9.73. The minimum atomic E-state index is -0.00810. The molecule has 1 heterocycles. The van der Waals surface area contributed by atoms with Gasteiger partial charge in [-0.25, -0.2) is 0 Å². The maximum absolute atomic E-state index is 3.64. The van der Waals surface area contributed by atoms with Gasteiger partial charge in [0, 0.05) is 33.9 Å². The van der Waals surface area contributed by atoms with Crippen LogP contribution in [0.3, 0.4) is 0 Å². The van der Waals surface area contributed by atoms with Gasteiger partial charge in [-0.2, -0.15) is 0 Å². The molecule has 0 spiro atoms. The number of fused-ring (bicyclic) bond motifs is 3. The van der Waals surface area contributed by atoms with Crippen molar-refractivity contribution in [1.82, 2.24) is 0 Å². The SMILES string of the molecule is CCC(C)c1cccc(N(c2ccccc2)c2ccc(C3=CC=C4Nc5ccccc5C4(C)C3)cc2)c1. The minimum absolute atomic E-state index is 0.00810. The van der Waals surface area contributed by atoms with Crippen LogP contribution >= 0.6 is 0 Å². The zero-order valence-corrected chi connectivity index (χ0v) is 21.9. The highest BCUT2D eigenvalue weighted by atomic mass is 15.1. The Hall–Kier alpha value is -4.04. The number of para-hydroxylation sites is 2. The molecule has 2 nitrogen and oxygen atoms in total. The van der Waals surface area contributed by atoms with Crippen LogP contribution in [0.25, 0.3) is 5.57 Å². The average molecular weight is 483 g/mol. The fraction of sp³-hybridized carbons (Fsp3) is 0.200. The number of hydrogen-bond donors (Lipinski definition) is 1. The Morgan fingerprint density at radius 1 is 0.784 bits per heavy atom. The summed E-state index contributed by atoms with van der Waals surface area (Å²) in [6, 6.07) is 37.5. The first-order chi connectivity index (χ1) is 18.1. The maximum atomic E-state index is 3.64. The Kier molecular flexibility index (Phi) is 5.96. The Balaban J connectivity index is 1.34. The van der Waals surface area contributed by atoms with Crippen LogP contribution in [0.1, 0.15) is 56.2 Å². The number of anilines is 4. The Labute approximate surface area is 221 Å². The van der Waals surface area contributed by atoms with E-state index in [4.69, 9.17) is 0 Å². The van der Waals surface area contributed by atoms with E-state index < -0.39 is 0 Å². The van der Waals surface area contributed by atoms with Gasteiger partial charge in [-0.15, -0.1) is 0 Å². The summed E-state index contributed by atoms with van der Waals surface area (Å²) in [6.07, 6.45) is 6.67. The van der Waals surface area contributed by atoms with Crippen LogP contribution < -0.4 is 10.2 Å². The van der Waals surface area contributed by atoms with E-state index >= 15 is 0 Å². The van der Waals surface area contributed by atoms with Gasteiger partial charge in [-0.3, -0.25) is 0 Å². The van der Waals surface area contributed by atoms with E-state index in [2.05, 4.69) is 146 Å². The first-order valence-corrected chi connectivity index (χ1v) is 13.4. The van der Waals surface area contributed by atoms with E-state index in [1.807, 2.05) is 0 Å².